The lowest BCUT2D eigenvalue weighted by Gasteiger charge is -2.16. The first-order valence-electron chi connectivity index (χ1n) is 7.68. The van der Waals surface area contributed by atoms with Crippen molar-refractivity contribution in [3.8, 4) is 0 Å². The first-order valence-corrected chi connectivity index (χ1v) is 8.22. The zero-order valence-corrected chi connectivity index (χ0v) is 13.2. The van der Waals surface area contributed by atoms with Gasteiger partial charge in [0, 0.05) is 18.1 Å². The summed E-state index contributed by atoms with van der Waals surface area (Å²) in [5.74, 6) is 1.54. The average molecular weight is 282 g/mol. The number of alkyl halides is 1. The molecule has 0 aliphatic carbocycles. The molecule has 1 aromatic carbocycles. The SMILES string of the molecule is CCCCC(CC)CNc1cccc(CCCCl)c1. The van der Waals surface area contributed by atoms with Crippen molar-refractivity contribution in [3.63, 3.8) is 0 Å². The van der Waals surface area contributed by atoms with Crippen LogP contribution in [0, 0.1) is 5.92 Å². The second kappa shape index (κ2) is 10.1. The molecule has 108 valence electrons. The fourth-order valence-corrected chi connectivity index (χ4v) is 2.45. The van der Waals surface area contributed by atoms with Crippen molar-refractivity contribution in [1.82, 2.24) is 0 Å². The third-order valence-corrected chi connectivity index (χ3v) is 3.93. The van der Waals surface area contributed by atoms with Crippen LogP contribution in [-0.2, 0) is 6.42 Å². The van der Waals surface area contributed by atoms with Gasteiger partial charge in [-0.05, 0) is 42.9 Å². The highest BCUT2D eigenvalue weighted by molar-refractivity contribution is 6.17. The molecule has 0 radical (unpaired) electrons. The molecule has 0 saturated carbocycles. The van der Waals surface area contributed by atoms with Gasteiger partial charge in [-0.25, -0.2) is 0 Å². The summed E-state index contributed by atoms with van der Waals surface area (Å²) in [4.78, 5) is 0. The topological polar surface area (TPSA) is 12.0 Å². The predicted molar refractivity (Wildman–Crippen MR) is 87.3 cm³/mol. The van der Waals surface area contributed by atoms with Gasteiger partial charge in [0.05, 0.1) is 0 Å². The Morgan fingerprint density at radius 3 is 2.74 bits per heavy atom. The highest BCUT2D eigenvalue weighted by Gasteiger charge is 2.05. The minimum absolute atomic E-state index is 0.743. The van der Waals surface area contributed by atoms with Gasteiger partial charge in [-0.15, -0.1) is 11.6 Å². The van der Waals surface area contributed by atoms with E-state index in [0.29, 0.717) is 0 Å². The molecular formula is C17H28ClN. The molecule has 0 aliphatic heterocycles. The first kappa shape index (κ1) is 16.4. The molecule has 1 rings (SSSR count). The molecule has 1 unspecified atom stereocenters. The number of halogens is 1. The summed E-state index contributed by atoms with van der Waals surface area (Å²) in [6.45, 7) is 5.65. The van der Waals surface area contributed by atoms with E-state index >= 15 is 0 Å². The summed E-state index contributed by atoms with van der Waals surface area (Å²) in [6.07, 6.45) is 7.37. The van der Waals surface area contributed by atoms with Gasteiger partial charge in [0.1, 0.15) is 0 Å². The van der Waals surface area contributed by atoms with E-state index < -0.39 is 0 Å². The molecule has 2 heteroatoms. The molecule has 1 aromatic rings. The van der Waals surface area contributed by atoms with Crippen LogP contribution >= 0.6 is 11.6 Å². The van der Waals surface area contributed by atoms with E-state index in [1.807, 2.05) is 0 Å². The number of hydrogen-bond donors (Lipinski definition) is 1. The van der Waals surface area contributed by atoms with Gasteiger partial charge in [-0.3, -0.25) is 0 Å². The van der Waals surface area contributed by atoms with E-state index in [0.717, 1.165) is 31.2 Å². The van der Waals surface area contributed by atoms with Crippen LogP contribution in [0.2, 0.25) is 0 Å². The Morgan fingerprint density at radius 2 is 2.05 bits per heavy atom. The van der Waals surface area contributed by atoms with Gasteiger partial charge < -0.3 is 5.32 Å². The molecular weight excluding hydrogens is 254 g/mol. The molecule has 0 bridgehead atoms. The molecule has 1 nitrogen and oxygen atoms in total. The van der Waals surface area contributed by atoms with Crippen LogP contribution in [0.1, 0.15) is 51.5 Å². The van der Waals surface area contributed by atoms with Crippen molar-refractivity contribution in [2.45, 2.75) is 52.4 Å². The maximum Gasteiger partial charge on any atom is 0.0343 e. The minimum Gasteiger partial charge on any atom is -0.385 e. The van der Waals surface area contributed by atoms with E-state index in [2.05, 4.69) is 43.4 Å². The molecule has 1 atom stereocenters. The lowest BCUT2D eigenvalue weighted by atomic mass is 9.99. The largest absolute Gasteiger partial charge is 0.385 e. The van der Waals surface area contributed by atoms with Crippen molar-refractivity contribution in [3.05, 3.63) is 29.8 Å². The van der Waals surface area contributed by atoms with Crippen molar-refractivity contribution in [2.75, 3.05) is 17.7 Å². The third-order valence-electron chi connectivity index (χ3n) is 3.66. The number of aryl methyl sites for hydroxylation is 1. The van der Waals surface area contributed by atoms with Crippen LogP contribution in [0.5, 0.6) is 0 Å². The molecule has 0 spiro atoms. The molecule has 0 heterocycles. The fraction of sp³-hybridized carbons (Fsp3) is 0.647. The maximum atomic E-state index is 5.75. The highest BCUT2D eigenvalue weighted by Crippen LogP contribution is 2.16. The number of hydrogen-bond acceptors (Lipinski definition) is 1. The Labute approximate surface area is 123 Å². The van der Waals surface area contributed by atoms with Crippen LogP contribution in [0.25, 0.3) is 0 Å². The molecule has 0 fully saturated rings. The maximum absolute atomic E-state index is 5.75. The van der Waals surface area contributed by atoms with Crippen LogP contribution < -0.4 is 5.32 Å². The van der Waals surface area contributed by atoms with Crippen LogP contribution in [0.3, 0.4) is 0 Å². The van der Waals surface area contributed by atoms with Crippen molar-refractivity contribution >= 4 is 17.3 Å². The zero-order chi connectivity index (χ0) is 13.9. The van der Waals surface area contributed by atoms with Gasteiger partial charge in [0.2, 0.25) is 0 Å². The number of benzene rings is 1. The van der Waals surface area contributed by atoms with Gasteiger partial charge in [0.15, 0.2) is 0 Å². The van der Waals surface area contributed by atoms with Gasteiger partial charge in [-0.1, -0.05) is 45.2 Å². The average Bonchev–Trinajstić information content (AvgIpc) is 2.46. The van der Waals surface area contributed by atoms with E-state index in [1.54, 1.807) is 0 Å². The fourth-order valence-electron chi connectivity index (χ4n) is 2.31. The quantitative estimate of drug-likeness (QED) is 0.560. The number of anilines is 1. The Bertz CT molecular complexity index is 338. The lowest BCUT2D eigenvalue weighted by Crippen LogP contribution is -2.13. The minimum atomic E-state index is 0.743. The van der Waals surface area contributed by atoms with Crippen molar-refractivity contribution in [2.24, 2.45) is 5.92 Å². The van der Waals surface area contributed by atoms with E-state index in [1.165, 1.54) is 36.9 Å². The first-order chi connectivity index (χ1) is 9.30. The molecule has 0 aromatic heterocycles. The van der Waals surface area contributed by atoms with Gasteiger partial charge in [0.25, 0.3) is 0 Å². The zero-order valence-electron chi connectivity index (χ0n) is 12.4. The van der Waals surface area contributed by atoms with Gasteiger partial charge >= 0.3 is 0 Å². The second-order valence-corrected chi connectivity index (χ2v) is 5.67. The van der Waals surface area contributed by atoms with Crippen molar-refractivity contribution in [1.29, 1.82) is 0 Å². The summed E-state index contributed by atoms with van der Waals surface area (Å²) >= 11 is 5.75. The Balaban J connectivity index is 2.42. The van der Waals surface area contributed by atoms with Crippen LogP contribution in [-0.4, -0.2) is 12.4 Å². The lowest BCUT2D eigenvalue weighted by molar-refractivity contribution is 0.473. The van der Waals surface area contributed by atoms with Crippen LogP contribution in [0.15, 0.2) is 24.3 Å². The number of rotatable bonds is 10. The third kappa shape index (κ3) is 6.87. The normalized spacial score (nSPS) is 12.4. The Hall–Kier alpha value is -0.690. The summed E-state index contributed by atoms with van der Waals surface area (Å²) in [5.41, 5.74) is 2.63. The molecule has 0 aliphatic rings. The van der Waals surface area contributed by atoms with E-state index in [9.17, 15) is 0 Å². The predicted octanol–water partition coefficient (Wildman–Crippen LogP) is 5.49. The van der Waals surface area contributed by atoms with E-state index in [-0.39, 0.29) is 0 Å². The Morgan fingerprint density at radius 1 is 1.21 bits per heavy atom. The molecule has 0 saturated heterocycles. The van der Waals surface area contributed by atoms with Crippen molar-refractivity contribution < 1.29 is 0 Å². The summed E-state index contributed by atoms with van der Waals surface area (Å²) in [7, 11) is 0. The standard InChI is InChI=1S/C17H28ClN/c1-3-5-8-15(4-2)14-19-17-11-6-9-16(13-17)10-7-12-18/h6,9,11,13,15,19H,3-5,7-8,10,12,14H2,1-2H3. The molecule has 19 heavy (non-hydrogen) atoms. The Kier molecular flexibility index (Phi) is 8.73. The van der Waals surface area contributed by atoms with E-state index in [4.69, 9.17) is 11.6 Å². The molecule has 0 amide bonds. The molecule has 1 N–H and O–H groups in total. The highest BCUT2D eigenvalue weighted by atomic mass is 35.5. The number of unbranched alkanes of at least 4 members (excludes halogenated alkanes) is 1. The van der Waals surface area contributed by atoms with Crippen LogP contribution in [0.4, 0.5) is 5.69 Å². The smallest absolute Gasteiger partial charge is 0.0343 e. The van der Waals surface area contributed by atoms with Gasteiger partial charge in [-0.2, -0.15) is 0 Å². The second-order valence-electron chi connectivity index (χ2n) is 5.29. The monoisotopic (exact) mass is 281 g/mol. The summed E-state index contributed by atoms with van der Waals surface area (Å²) in [5, 5.41) is 3.59. The summed E-state index contributed by atoms with van der Waals surface area (Å²) < 4.78 is 0. The summed E-state index contributed by atoms with van der Waals surface area (Å²) in [6, 6.07) is 8.75. The number of nitrogens with one attached hydrogen (secondary N) is 1.